The molecule has 0 saturated heterocycles. The van der Waals surface area contributed by atoms with Gasteiger partial charge in [0.2, 0.25) is 10.0 Å². The molecule has 86 valence electrons. The van der Waals surface area contributed by atoms with Crippen LogP contribution >= 0.6 is 0 Å². The molecule has 0 aliphatic heterocycles. The summed E-state index contributed by atoms with van der Waals surface area (Å²) in [7, 11) is -3.48. The standard InChI is InChI=1S/C10H11FN2O2S/c1-16(14,15)13-10-5-4-8(3-2-6-12)7-9(10)11/h4-5,7,13H,6,12H2,1H3. The van der Waals surface area contributed by atoms with Crippen LogP contribution in [0.4, 0.5) is 10.1 Å². The molecule has 1 aromatic rings. The third kappa shape index (κ3) is 3.88. The lowest BCUT2D eigenvalue weighted by Crippen LogP contribution is -2.10. The average Bonchev–Trinajstić information content (AvgIpc) is 2.17. The van der Waals surface area contributed by atoms with Gasteiger partial charge in [0.25, 0.3) is 0 Å². The summed E-state index contributed by atoms with van der Waals surface area (Å²) in [6.45, 7) is 0.185. The summed E-state index contributed by atoms with van der Waals surface area (Å²) in [4.78, 5) is 0. The molecule has 0 atom stereocenters. The minimum absolute atomic E-state index is 0.0965. The molecule has 0 spiro atoms. The van der Waals surface area contributed by atoms with Crippen LogP contribution in [0.25, 0.3) is 0 Å². The van der Waals surface area contributed by atoms with Crippen LogP contribution in [0, 0.1) is 17.7 Å². The second-order valence-corrected chi connectivity index (χ2v) is 4.82. The van der Waals surface area contributed by atoms with E-state index in [0.717, 1.165) is 12.3 Å². The Morgan fingerprint density at radius 1 is 1.50 bits per heavy atom. The van der Waals surface area contributed by atoms with Crippen LogP contribution in [0.3, 0.4) is 0 Å². The monoisotopic (exact) mass is 242 g/mol. The predicted molar refractivity (Wildman–Crippen MR) is 60.8 cm³/mol. The Kier molecular flexibility index (Phi) is 3.88. The number of benzene rings is 1. The number of hydrogen-bond acceptors (Lipinski definition) is 3. The molecule has 0 amide bonds. The smallest absolute Gasteiger partial charge is 0.229 e. The third-order valence-corrected chi connectivity index (χ3v) is 2.19. The molecule has 1 rings (SSSR count). The highest BCUT2D eigenvalue weighted by molar-refractivity contribution is 7.92. The topological polar surface area (TPSA) is 72.2 Å². The van der Waals surface area contributed by atoms with E-state index in [1.807, 2.05) is 0 Å². The summed E-state index contributed by atoms with van der Waals surface area (Å²) in [6, 6.07) is 3.98. The van der Waals surface area contributed by atoms with E-state index in [4.69, 9.17) is 5.73 Å². The van der Waals surface area contributed by atoms with Gasteiger partial charge in [0.1, 0.15) is 5.82 Å². The second kappa shape index (κ2) is 4.96. The zero-order valence-electron chi connectivity index (χ0n) is 8.62. The van der Waals surface area contributed by atoms with Crippen molar-refractivity contribution < 1.29 is 12.8 Å². The van der Waals surface area contributed by atoms with Crippen LogP contribution < -0.4 is 10.5 Å². The van der Waals surface area contributed by atoms with Crippen molar-refractivity contribution in [3.8, 4) is 11.8 Å². The molecule has 6 heteroatoms. The molecule has 0 aromatic heterocycles. The molecule has 0 bridgehead atoms. The highest BCUT2D eigenvalue weighted by Crippen LogP contribution is 2.16. The summed E-state index contributed by atoms with van der Waals surface area (Å²) < 4.78 is 37.2. The van der Waals surface area contributed by atoms with Crippen molar-refractivity contribution in [2.24, 2.45) is 5.73 Å². The summed E-state index contributed by atoms with van der Waals surface area (Å²) in [6.07, 6.45) is 0.953. The van der Waals surface area contributed by atoms with Gasteiger partial charge in [-0.1, -0.05) is 11.8 Å². The van der Waals surface area contributed by atoms with Crippen molar-refractivity contribution in [2.45, 2.75) is 0 Å². The minimum Gasteiger partial charge on any atom is -0.320 e. The molecular formula is C10H11FN2O2S. The van der Waals surface area contributed by atoms with Crippen molar-refractivity contribution in [3.05, 3.63) is 29.6 Å². The Morgan fingerprint density at radius 3 is 2.69 bits per heavy atom. The fraction of sp³-hybridized carbons (Fsp3) is 0.200. The Labute approximate surface area is 93.7 Å². The third-order valence-electron chi connectivity index (χ3n) is 1.60. The van der Waals surface area contributed by atoms with Crippen LogP contribution in [0.2, 0.25) is 0 Å². The first-order chi connectivity index (χ1) is 7.42. The number of hydrogen-bond donors (Lipinski definition) is 2. The van der Waals surface area contributed by atoms with Gasteiger partial charge >= 0.3 is 0 Å². The van der Waals surface area contributed by atoms with Gasteiger partial charge in [-0.3, -0.25) is 4.72 Å². The van der Waals surface area contributed by atoms with E-state index in [-0.39, 0.29) is 12.2 Å². The lowest BCUT2D eigenvalue weighted by atomic mass is 10.2. The molecule has 0 aliphatic carbocycles. The van der Waals surface area contributed by atoms with E-state index in [0.29, 0.717) is 5.56 Å². The molecule has 4 nitrogen and oxygen atoms in total. The van der Waals surface area contributed by atoms with E-state index in [1.165, 1.54) is 12.1 Å². The van der Waals surface area contributed by atoms with Gasteiger partial charge in [0.05, 0.1) is 18.5 Å². The van der Waals surface area contributed by atoms with Crippen molar-refractivity contribution in [2.75, 3.05) is 17.5 Å². The van der Waals surface area contributed by atoms with Gasteiger partial charge in [0, 0.05) is 5.56 Å². The Balaban J connectivity index is 3.01. The molecule has 16 heavy (non-hydrogen) atoms. The quantitative estimate of drug-likeness (QED) is 0.742. The number of sulfonamides is 1. The van der Waals surface area contributed by atoms with E-state index < -0.39 is 15.8 Å². The number of halogens is 1. The van der Waals surface area contributed by atoms with Crippen LogP contribution in [0.1, 0.15) is 5.56 Å². The van der Waals surface area contributed by atoms with Crippen LogP contribution in [-0.4, -0.2) is 21.2 Å². The Bertz CT molecular complexity index is 544. The van der Waals surface area contributed by atoms with Crippen LogP contribution in [0.15, 0.2) is 18.2 Å². The minimum atomic E-state index is -3.48. The van der Waals surface area contributed by atoms with E-state index in [1.54, 1.807) is 0 Å². The van der Waals surface area contributed by atoms with Gasteiger partial charge < -0.3 is 5.73 Å². The SMILES string of the molecule is CS(=O)(=O)Nc1ccc(C#CCN)cc1F. The van der Waals surface area contributed by atoms with E-state index >= 15 is 0 Å². The molecule has 0 aliphatic rings. The normalized spacial score (nSPS) is 10.4. The average molecular weight is 242 g/mol. The summed E-state index contributed by atoms with van der Waals surface area (Å²) >= 11 is 0. The molecule has 3 N–H and O–H groups in total. The Hall–Kier alpha value is -1.58. The summed E-state index contributed by atoms with van der Waals surface area (Å²) in [5.74, 6) is 4.54. The van der Waals surface area contributed by atoms with E-state index in [9.17, 15) is 12.8 Å². The van der Waals surface area contributed by atoms with Gasteiger partial charge in [-0.2, -0.15) is 0 Å². The zero-order chi connectivity index (χ0) is 12.2. The zero-order valence-corrected chi connectivity index (χ0v) is 9.44. The number of nitrogens with one attached hydrogen (secondary N) is 1. The lowest BCUT2D eigenvalue weighted by molar-refractivity contribution is 0.603. The van der Waals surface area contributed by atoms with Crippen molar-refractivity contribution >= 4 is 15.7 Å². The first kappa shape index (κ1) is 12.5. The lowest BCUT2D eigenvalue weighted by Gasteiger charge is -2.04. The van der Waals surface area contributed by atoms with Crippen molar-refractivity contribution in [3.63, 3.8) is 0 Å². The molecular weight excluding hydrogens is 231 g/mol. The predicted octanol–water partition coefficient (Wildman–Crippen LogP) is 0.507. The number of anilines is 1. The fourth-order valence-corrected chi connectivity index (χ4v) is 1.59. The molecule has 0 saturated carbocycles. The molecule has 0 fully saturated rings. The maximum Gasteiger partial charge on any atom is 0.229 e. The molecule has 0 heterocycles. The number of rotatable bonds is 2. The first-order valence-corrected chi connectivity index (χ1v) is 6.28. The maximum atomic E-state index is 13.4. The van der Waals surface area contributed by atoms with Crippen LogP contribution in [-0.2, 0) is 10.0 Å². The first-order valence-electron chi connectivity index (χ1n) is 4.38. The molecule has 1 aromatic carbocycles. The summed E-state index contributed by atoms with van der Waals surface area (Å²) in [5.41, 5.74) is 5.52. The van der Waals surface area contributed by atoms with Crippen molar-refractivity contribution in [1.29, 1.82) is 0 Å². The number of nitrogens with two attached hydrogens (primary N) is 1. The Morgan fingerprint density at radius 2 is 2.19 bits per heavy atom. The maximum absolute atomic E-state index is 13.4. The highest BCUT2D eigenvalue weighted by Gasteiger charge is 2.07. The largest absolute Gasteiger partial charge is 0.320 e. The molecule has 0 radical (unpaired) electrons. The second-order valence-electron chi connectivity index (χ2n) is 3.07. The molecule has 0 unspecified atom stereocenters. The van der Waals surface area contributed by atoms with Crippen molar-refractivity contribution in [1.82, 2.24) is 0 Å². The van der Waals surface area contributed by atoms with Gasteiger partial charge in [-0.15, -0.1) is 0 Å². The fourth-order valence-electron chi connectivity index (χ4n) is 1.03. The van der Waals surface area contributed by atoms with Gasteiger partial charge in [-0.25, -0.2) is 12.8 Å². The van der Waals surface area contributed by atoms with E-state index in [2.05, 4.69) is 16.6 Å². The summed E-state index contributed by atoms with van der Waals surface area (Å²) in [5, 5.41) is 0. The highest BCUT2D eigenvalue weighted by atomic mass is 32.2. The van der Waals surface area contributed by atoms with Crippen LogP contribution in [0.5, 0.6) is 0 Å². The van der Waals surface area contributed by atoms with Gasteiger partial charge in [-0.05, 0) is 18.2 Å². The van der Waals surface area contributed by atoms with Gasteiger partial charge in [0.15, 0.2) is 0 Å².